The quantitative estimate of drug-likeness (QED) is 0.875. The molecule has 0 unspecified atom stereocenters. The molecule has 0 bridgehead atoms. The Hall–Kier alpha value is -2.04. The van der Waals surface area contributed by atoms with Crippen molar-refractivity contribution in [2.45, 2.75) is 32.2 Å². The van der Waals surface area contributed by atoms with Gasteiger partial charge in [0.25, 0.3) is 5.91 Å². The zero-order valence-electron chi connectivity index (χ0n) is 11.6. The zero-order valence-corrected chi connectivity index (χ0v) is 11.6. The maximum atomic E-state index is 12.1. The van der Waals surface area contributed by atoms with Crippen LogP contribution in [0, 0.1) is 0 Å². The smallest absolute Gasteiger partial charge is 0.251 e. The lowest BCUT2D eigenvalue weighted by Crippen LogP contribution is -2.45. The van der Waals surface area contributed by atoms with E-state index in [0.29, 0.717) is 25.1 Å². The maximum absolute atomic E-state index is 12.1. The monoisotopic (exact) mass is 276 g/mol. The van der Waals surface area contributed by atoms with Gasteiger partial charge in [-0.15, -0.1) is 0 Å². The van der Waals surface area contributed by atoms with Crippen molar-refractivity contribution in [2.24, 2.45) is 0 Å². The maximum Gasteiger partial charge on any atom is 0.251 e. The molecule has 1 heterocycles. The normalized spacial score (nSPS) is 18.9. The molecule has 1 atom stereocenters. The molecule has 0 radical (unpaired) electrons. The molecule has 1 aromatic carbocycles. The number of benzene rings is 1. The standard InChI is InChI=1S/C15H20N2O3/c1-2-20-12-8-6-11(7-9-12)14(18)17-13-5-3-4-10-16-15(13)19/h6-9,13H,2-5,10H2,1H3,(H,16,19)(H,17,18)/t13-/m0/s1. The molecule has 5 nitrogen and oxygen atoms in total. The average Bonchev–Trinajstić information content (AvgIpc) is 2.65. The van der Waals surface area contributed by atoms with Crippen LogP contribution in [0.3, 0.4) is 0 Å². The summed E-state index contributed by atoms with van der Waals surface area (Å²) in [5.41, 5.74) is 0.533. The highest BCUT2D eigenvalue weighted by Crippen LogP contribution is 2.13. The summed E-state index contributed by atoms with van der Waals surface area (Å²) >= 11 is 0. The summed E-state index contributed by atoms with van der Waals surface area (Å²) in [4.78, 5) is 23.9. The Morgan fingerprint density at radius 2 is 2.10 bits per heavy atom. The molecule has 1 aromatic rings. The number of rotatable bonds is 4. The molecular formula is C15H20N2O3. The van der Waals surface area contributed by atoms with Crippen molar-refractivity contribution < 1.29 is 14.3 Å². The number of hydrogen-bond acceptors (Lipinski definition) is 3. The predicted molar refractivity (Wildman–Crippen MR) is 75.7 cm³/mol. The molecule has 0 aliphatic carbocycles. The van der Waals surface area contributed by atoms with Gasteiger partial charge in [0.2, 0.25) is 5.91 Å². The largest absolute Gasteiger partial charge is 0.494 e. The van der Waals surface area contributed by atoms with E-state index >= 15 is 0 Å². The Labute approximate surface area is 118 Å². The SMILES string of the molecule is CCOc1ccc(C(=O)N[C@H]2CCCCNC2=O)cc1. The highest BCUT2D eigenvalue weighted by Gasteiger charge is 2.22. The third-order valence-corrected chi connectivity index (χ3v) is 3.27. The van der Waals surface area contributed by atoms with Crippen LogP contribution in [0.1, 0.15) is 36.5 Å². The Morgan fingerprint density at radius 3 is 2.80 bits per heavy atom. The van der Waals surface area contributed by atoms with E-state index in [0.717, 1.165) is 18.6 Å². The number of hydrogen-bond donors (Lipinski definition) is 2. The number of amides is 2. The Balaban J connectivity index is 1.98. The minimum absolute atomic E-state index is 0.0956. The molecule has 2 rings (SSSR count). The average molecular weight is 276 g/mol. The lowest BCUT2D eigenvalue weighted by Gasteiger charge is -2.15. The minimum atomic E-state index is -0.434. The molecule has 20 heavy (non-hydrogen) atoms. The van der Waals surface area contributed by atoms with Crippen molar-refractivity contribution in [2.75, 3.05) is 13.2 Å². The fourth-order valence-corrected chi connectivity index (χ4v) is 2.19. The first-order chi connectivity index (χ1) is 9.70. The molecule has 1 aliphatic heterocycles. The molecule has 1 saturated heterocycles. The van der Waals surface area contributed by atoms with E-state index in [1.807, 2.05) is 6.92 Å². The predicted octanol–water partition coefficient (Wildman–Crippen LogP) is 1.48. The van der Waals surface area contributed by atoms with E-state index in [9.17, 15) is 9.59 Å². The van der Waals surface area contributed by atoms with Crippen molar-refractivity contribution >= 4 is 11.8 Å². The van der Waals surface area contributed by atoms with E-state index in [1.54, 1.807) is 24.3 Å². The number of ether oxygens (including phenoxy) is 1. The van der Waals surface area contributed by atoms with Crippen LogP contribution in [-0.4, -0.2) is 31.0 Å². The molecule has 0 spiro atoms. The van der Waals surface area contributed by atoms with Gasteiger partial charge >= 0.3 is 0 Å². The van der Waals surface area contributed by atoms with E-state index in [4.69, 9.17) is 4.74 Å². The molecule has 0 saturated carbocycles. The van der Waals surface area contributed by atoms with Gasteiger partial charge in [-0.2, -0.15) is 0 Å². The Bertz CT molecular complexity index is 471. The van der Waals surface area contributed by atoms with Crippen LogP contribution in [0.4, 0.5) is 0 Å². The van der Waals surface area contributed by atoms with E-state index in [1.165, 1.54) is 0 Å². The first-order valence-corrected chi connectivity index (χ1v) is 7.02. The van der Waals surface area contributed by atoms with Crippen molar-refractivity contribution in [3.05, 3.63) is 29.8 Å². The van der Waals surface area contributed by atoms with Crippen LogP contribution in [0.15, 0.2) is 24.3 Å². The molecule has 1 aliphatic rings. The lowest BCUT2D eigenvalue weighted by molar-refractivity contribution is -0.122. The van der Waals surface area contributed by atoms with Gasteiger partial charge in [-0.1, -0.05) is 0 Å². The van der Waals surface area contributed by atoms with E-state index in [-0.39, 0.29) is 11.8 Å². The van der Waals surface area contributed by atoms with Crippen molar-refractivity contribution in [3.8, 4) is 5.75 Å². The molecule has 1 fully saturated rings. The Kier molecular flexibility index (Phi) is 4.98. The van der Waals surface area contributed by atoms with Crippen LogP contribution in [-0.2, 0) is 4.79 Å². The molecule has 5 heteroatoms. The Morgan fingerprint density at radius 1 is 1.35 bits per heavy atom. The van der Waals surface area contributed by atoms with Crippen LogP contribution in [0.2, 0.25) is 0 Å². The summed E-state index contributed by atoms with van der Waals surface area (Å²) in [5.74, 6) is 0.410. The van der Waals surface area contributed by atoms with Crippen molar-refractivity contribution in [3.63, 3.8) is 0 Å². The number of nitrogens with one attached hydrogen (secondary N) is 2. The van der Waals surface area contributed by atoms with Gasteiger partial charge in [0.05, 0.1) is 6.61 Å². The van der Waals surface area contributed by atoms with Crippen LogP contribution >= 0.6 is 0 Å². The van der Waals surface area contributed by atoms with Gasteiger partial charge < -0.3 is 15.4 Å². The van der Waals surface area contributed by atoms with Crippen LogP contribution in [0.25, 0.3) is 0 Å². The van der Waals surface area contributed by atoms with Crippen LogP contribution < -0.4 is 15.4 Å². The number of carbonyl (C=O) groups excluding carboxylic acids is 2. The first kappa shape index (κ1) is 14.4. The second-order valence-corrected chi connectivity index (χ2v) is 4.77. The van der Waals surface area contributed by atoms with Gasteiger partial charge in [-0.25, -0.2) is 0 Å². The second kappa shape index (κ2) is 6.93. The van der Waals surface area contributed by atoms with Crippen molar-refractivity contribution in [1.29, 1.82) is 0 Å². The van der Waals surface area contributed by atoms with Crippen molar-refractivity contribution in [1.82, 2.24) is 10.6 Å². The molecule has 0 aromatic heterocycles. The summed E-state index contributed by atoms with van der Waals surface area (Å²) in [6, 6.07) is 6.48. The lowest BCUT2D eigenvalue weighted by atomic mass is 10.1. The van der Waals surface area contributed by atoms with Crippen LogP contribution in [0.5, 0.6) is 5.75 Å². The zero-order chi connectivity index (χ0) is 14.4. The van der Waals surface area contributed by atoms with Gasteiger partial charge in [0.15, 0.2) is 0 Å². The molecular weight excluding hydrogens is 256 g/mol. The molecule has 108 valence electrons. The second-order valence-electron chi connectivity index (χ2n) is 4.77. The highest BCUT2D eigenvalue weighted by molar-refractivity contribution is 5.97. The van der Waals surface area contributed by atoms with Gasteiger partial charge in [0, 0.05) is 12.1 Å². The van der Waals surface area contributed by atoms with Gasteiger partial charge in [-0.05, 0) is 50.5 Å². The summed E-state index contributed by atoms with van der Waals surface area (Å²) < 4.78 is 5.33. The topological polar surface area (TPSA) is 67.4 Å². The number of carbonyl (C=O) groups is 2. The van der Waals surface area contributed by atoms with E-state index < -0.39 is 6.04 Å². The fraction of sp³-hybridized carbons (Fsp3) is 0.467. The summed E-state index contributed by atoms with van der Waals surface area (Å²) in [6.07, 6.45) is 2.59. The summed E-state index contributed by atoms with van der Waals surface area (Å²) in [7, 11) is 0. The van der Waals surface area contributed by atoms with Gasteiger partial charge in [-0.3, -0.25) is 9.59 Å². The molecule has 2 N–H and O–H groups in total. The minimum Gasteiger partial charge on any atom is -0.494 e. The first-order valence-electron chi connectivity index (χ1n) is 7.02. The fourth-order valence-electron chi connectivity index (χ4n) is 2.19. The summed E-state index contributed by atoms with van der Waals surface area (Å²) in [6.45, 7) is 3.19. The third-order valence-electron chi connectivity index (χ3n) is 3.27. The van der Waals surface area contributed by atoms with E-state index in [2.05, 4.69) is 10.6 Å². The summed E-state index contributed by atoms with van der Waals surface area (Å²) in [5, 5.41) is 5.59. The molecule has 2 amide bonds. The van der Waals surface area contributed by atoms with Gasteiger partial charge in [0.1, 0.15) is 11.8 Å². The third kappa shape index (κ3) is 3.73. The highest BCUT2D eigenvalue weighted by atomic mass is 16.5.